The molecule has 0 aliphatic carbocycles. The third-order valence-electron chi connectivity index (χ3n) is 3.16. The molecule has 1 N–H and O–H groups in total. The van der Waals surface area contributed by atoms with Crippen LogP contribution in [0.3, 0.4) is 0 Å². The minimum absolute atomic E-state index is 0.0452. The van der Waals surface area contributed by atoms with Crippen molar-refractivity contribution in [2.45, 2.75) is 59.2 Å². The summed E-state index contributed by atoms with van der Waals surface area (Å²) in [6, 6.07) is 9.94. The second-order valence-corrected chi connectivity index (χ2v) is 6.74. The van der Waals surface area contributed by atoms with Crippen LogP contribution in [0.2, 0.25) is 0 Å². The van der Waals surface area contributed by atoms with E-state index >= 15 is 0 Å². The van der Waals surface area contributed by atoms with E-state index in [0.29, 0.717) is 6.54 Å². The first-order chi connectivity index (χ1) is 9.74. The lowest BCUT2D eigenvalue weighted by Gasteiger charge is -2.34. The topological polar surface area (TPSA) is 32.3 Å². The fourth-order valence-corrected chi connectivity index (χ4v) is 2.82. The van der Waals surface area contributed by atoms with Gasteiger partial charge in [0.1, 0.15) is 0 Å². The molecule has 1 atom stereocenters. The second-order valence-electron chi connectivity index (χ2n) is 6.30. The Morgan fingerprint density at radius 1 is 1.29 bits per heavy atom. The molecule has 0 aliphatic heterocycles. The maximum Gasteiger partial charge on any atom is 0.220 e. The molecule has 0 bridgehead atoms. The smallest absolute Gasteiger partial charge is 0.220 e. The molecule has 0 fully saturated rings. The Bertz CT molecular complexity index is 479. The fraction of sp³-hybridized carbons (Fsp3) is 0.529. The van der Waals surface area contributed by atoms with Crippen molar-refractivity contribution in [1.82, 2.24) is 10.2 Å². The van der Waals surface area contributed by atoms with Gasteiger partial charge in [-0.05, 0) is 32.8 Å². The Kier molecular flexibility index (Phi) is 6.34. The highest BCUT2D eigenvalue weighted by Gasteiger charge is 2.25. The molecule has 1 aromatic carbocycles. The normalized spacial score (nSPS) is 12.6. The molecule has 0 heterocycles. The van der Waals surface area contributed by atoms with Crippen molar-refractivity contribution in [3.05, 3.63) is 35.9 Å². The SMILES string of the molecule is CC[C@@H](C(=S)NC(C)(C)C)N(Cc1ccccc1)C(C)=O. The highest BCUT2D eigenvalue weighted by molar-refractivity contribution is 7.80. The first kappa shape index (κ1) is 17.6. The van der Waals surface area contributed by atoms with Gasteiger partial charge in [-0.2, -0.15) is 0 Å². The summed E-state index contributed by atoms with van der Waals surface area (Å²) in [5, 5.41) is 3.33. The summed E-state index contributed by atoms with van der Waals surface area (Å²) in [5.41, 5.74) is 1.02. The molecule has 0 spiro atoms. The maximum absolute atomic E-state index is 12.1. The van der Waals surface area contributed by atoms with E-state index in [0.717, 1.165) is 17.0 Å². The van der Waals surface area contributed by atoms with Gasteiger partial charge in [0.15, 0.2) is 0 Å². The van der Waals surface area contributed by atoms with Crippen LogP contribution in [0, 0.1) is 0 Å². The van der Waals surface area contributed by atoms with E-state index in [4.69, 9.17) is 12.2 Å². The molecule has 0 saturated carbocycles. The van der Waals surface area contributed by atoms with Crippen LogP contribution in [0.25, 0.3) is 0 Å². The highest BCUT2D eigenvalue weighted by Crippen LogP contribution is 2.14. The molecule has 3 nitrogen and oxygen atoms in total. The van der Waals surface area contributed by atoms with Gasteiger partial charge in [0, 0.05) is 19.0 Å². The minimum atomic E-state index is -0.0975. The molecule has 1 amide bonds. The maximum atomic E-state index is 12.1. The average molecular weight is 306 g/mol. The molecular formula is C17H26N2OS. The summed E-state index contributed by atoms with van der Waals surface area (Å²) < 4.78 is 0. The van der Waals surface area contributed by atoms with E-state index in [1.54, 1.807) is 6.92 Å². The fourth-order valence-electron chi connectivity index (χ4n) is 2.22. The van der Waals surface area contributed by atoms with E-state index in [1.165, 1.54) is 0 Å². The Balaban J connectivity index is 2.91. The van der Waals surface area contributed by atoms with E-state index in [2.05, 4.69) is 33.0 Å². The molecule has 116 valence electrons. The third kappa shape index (κ3) is 5.84. The highest BCUT2D eigenvalue weighted by atomic mass is 32.1. The van der Waals surface area contributed by atoms with E-state index in [1.807, 2.05) is 35.2 Å². The summed E-state index contributed by atoms with van der Waals surface area (Å²) in [6.45, 7) is 10.5. The van der Waals surface area contributed by atoms with Gasteiger partial charge >= 0.3 is 0 Å². The van der Waals surface area contributed by atoms with Crippen LogP contribution < -0.4 is 5.32 Å². The van der Waals surface area contributed by atoms with Crippen molar-refractivity contribution in [3.63, 3.8) is 0 Å². The van der Waals surface area contributed by atoms with Gasteiger partial charge in [-0.15, -0.1) is 0 Å². The minimum Gasteiger partial charge on any atom is -0.373 e. The third-order valence-corrected chi connectivity index (χ3v) is 3.54. The van der Waals surface area contributed by atoms with Gasteiger partial charge in [-0.3, -0.25) is 4.79 Å². The predicted molar refractivity (Wildman–Crippen MR) is 92.2 cm³/mol. The number of rotatable bonds is 5. The zero-order valence-electron chi connectivity index (χ0n) is 13.6. The van der Waals surface area contributed by atoms with Gasteiger partial charge in [-0.25, -0.2) is 0 Å². The second kappa shape index (κ2) is 7.55. The van der Waals surface area contributed by atoms with Gasteiger partial charge in [-0.1, -0.05) is 49.5 Å². The molecule has 0 radical (unpaired) electrons. The molecular weight excluding hydrogens is 280 g/mol. The van der Waals surface area contributed by atoms with Crippen molar-refractivity contribution in [2.75, 3.05) is 0 Å². The molecule has 0 unspecified atom stereocenters. The van der Waals surface area contributed by atoms with Crippen LogP contribution in [0.4, 0.5) is 0 Å². The Morgan fingerprint density at radius 2 is 1.86 bits per heavy atom. The van der Waals surface area contributed by atoms with Crippen LogP contribution in [0.1, 0.15) is 46.6 Å². The zero-order chi connectivity index (χ0) is 16.0. The van der Waals surface area contributed by atoms with Crippen molar-refractivity contribution in [1.29, 1.82) is 0 Å². The standard InChI is InChI=1S/C17H26N2OS/c1-6-15(16(21)18-17(3,4)5)19(13(2)20)12-14-10-8-7-9-11-14/h7-11,15H,6,12H2,1-5H3,(H,18,21)/t15-/m0/s1. The first-order valence-electron chi connectivity index (χ1n) is 7.37. The van der Waals surface area contributed by atoms with Crippen LogP contribution in [0.15, 0.2) is 30.3 Å². The van der Waals surface area contributed by atoms with Crippen molar-refractivity contribution in [2.24, 2.45) is 0 Å². The van der Waals surface area contributed by atoms with Crippen LogP contribution in [-0.4, -0.2) is 27.4 Å². The van der Waals surface area contributed by atoms with Gasteiger partial charge < -0.3 is 10.2 Å². The Hall–Kier alpha value is -1.42. The number of carbonyl (C=O) groups is 1. The summed E-state index contributed by atoms with van der Waals surface area (Å²) in [4.78, 5) is 14.6. The predicted octanol–water partition coefficient (Wildman–Crippen LogP) is 3.53. The molecule has 0 aromatic heterocycles. The Labute approximate surface area is 133 Å². The van der Waals surface area contributed by atoms with Gasteiger partial charge in [0.05, 0.1) is 11.0 Å². The number of benzene rings is 1. The molecule has 1 aromatic rings. The molecule has 21 heavy (non-hydrogen) atoms. The first-order valence-corrected chi connectivity index (χ1v) is 7.78. The number of hydrogen-bond acceptors (Lipinski definition) is 2. The van der Waals surface area contributed by atoms with E-state index < -0.39 is 0 Å². The van der Waals surface area contributed by atoms with Crippen molar-refractivity contribution >= 4 is 23.1 Å². The Morgan fingerprint density at radius 3 is 2.29 bits per heavy atom. The lowest BCUT2D eigenvalue weighted by Crippen LogP contribution is -2.52. The number of hydrogen-bond donors (Lipinski definition) is 1. The summed E-state index contributed by atoms with van der Waals surface area (Å²) in [6.07, 6.45) is 0.800. The zero-order valence-corrected chi connectivity index (χ0v) is 14.5. The molecule has 0 saturated heterocycles. The van der Waals surface area contributed by atoms with Gasteiger partial charge in [0.2, 0.25) is 5.91 Å². The number of amides is 1. The van der Waals surface area contributed by atoms with E-state index in [-0.39, 0.29) is 17.5 Å². The van der Waals surface area contributed by atoms with Crippen LogP contribution >= 0.6 is 12.2 Å². The quantitative estimate of drug-likeness (QED) is 0.845. The lowest BCUT2D eigenvalue weighted by atomic mass is 10.1. The summed E-state index contributed by atoms with van der Waals surface area (Å²) in [5.74, 6) is 0.0452. The van der Waals surface area contributed by atoms with Crippen molar-refractivity contribution in [3.8, 4) is 0 Å². The largest absolute Gasteiger partial charge is 0.373 e. The number of nitrogens with zero attached hydrogens (tertiary/aromatic N) is 1. The average Bonchev–Trinajstić information content (AvgIpc) is 2.37. The number of thiocarbonyl (C=S) groups is 1. The van der Waals surface area contributed by atoms with Crippen molar-refractivity contribution < 1.29 is 4.79 Å². The molecule has 1 rings (SSSR count). The lowest BCUT2D eigenvalue weighted by molar-refractivity contribution is -0.130. The van der Waals surface area contributed by atoms with Crippen LogP contribution in [-0.2, 0) is 11.3 Å². The number of carbonyl (C=O) groups excluding carboxylic acids is 1. The van der Waals surface area contributed by atoms with Crippen LogP contribution in [0.5, 0.6) is 0 Å². The summed E-state index contributed by atoms with van der Waals surface area (Å²) in [7, 11) is 0. The monoisotopic (exact) mass is 306 g/mol. The number of nitrogens with one attached hydrogen (secondary N) is 1. The van der Waals surface area contributed by atoms with Gasteiger partial charge in [0.25, 0.3) is 0 Å². The molecule has 4 heteroatoms. The van der Waals surface area contributed by atoms with E-state index in [9.17, 15) is 4.79 Å². The molecule has 0 aliphatic rings. The summed E-state index contributed by atoms with van der Waals surface area (Å²) >= 11 is 5.53.